The van der Waals surface area contributed by atoms with Crippen LogP contribution in [0.4, 0.5) is 5.69 Å². The first-order chi connectivity index (χ1) is 14.1. The summed E-state index contributed by atoms with van der Waals surface area (Å²) in [6.45, 7) is 0.667. The minimum Gasteiger partial charge on any atom is -0.490 e. The van der Waals surface area contributed by atoms with E-state index in [1.807, 2.05) is 60.7 Å². The lowest BCUT2D eigenvalue weighted by atomic mass is 10.2. The molecule has 29 heavy (non-hydrogen) atoms. The van der Waals surface area contributed by atoms with E-state index in [0.29, 0.717) is 24.5 Å². The van der Waals surface area contributed by atoms with Crippen molar-refractivity contribution >= 4 is 44.9 Å². The van der Waals surface area contributed by atoms with Crippen molar-refractivity contribution < 1.29 is 14.3 Å². The Bertz CT molecular complexity index is 983. The van der Waals surface area contributed by atoms with E-state index in [1.54, 1.807) is 18.2 Å². The van der Waals surface area contributed by atoms with Crippen LogP contribution >= 0.6 is 28.1 Å². The Kier molecular flexibility index (Phi) is 7.61. The summed E-state index contributed by atoms with van der Waals surface area (Å²) in [6.07, 6.45) is 0. The van der Waals surface area contributed by atoms with E-state index in [2.05, 4.69) is 26.6 Å². The Balaban J connectivity index is 1.55. The topological polar surface area (TPSA) is 59.6 Å². The fraction of sp³-hybridized carbons (Fsp3) is 0.0909. The molecule has 0 spiro atoms. The van der Waals surface area contributed by atoms with E-state index >= 15 is 0 Å². The van der Waals surface area contributed by atoms with Gasteiger partial charge < -0.3 is 14.8 Å². The molecule has 0 saturated carbocycles. The van der Waals surface area contributed by atoms with Crippen molar-refractivity contribution in [1.82, 2.24) is 5.32 Å². The van der Waals surface area contributed by atoms with E-state index in [1.165, 1.54) is 0 Å². The van der Waals surface area contributed by atoms with Gasteiger partial charge in [0, 0.05) is 4.47 Å². The summed E-state index contributed by atoms with van der Waals surface area (Å²) < 4.78 is 12.2. The Morgan fingerprint density at radius 3 is 2.31 bits per heavy atom. The zero-order valence-electron chi connectivity index (χ0n) is 15.4. The summed E-state index contributed by atoms with van der Waals surface area (Å²) in [5.41, 5.74) is 1.16. The highest BCUT2D eigenvalue weighted by molar-refractivity contribution is 9.10. The second kappa shape index (κ2) is 10.6. The molecule has 0 saturated heterocycles. The van der Waals surface area contributed by atoms with Crippen molar-refractivity contribution in [3.8, 4) is 11.5 Å². The third kappa shape index (κ3) is 6.30. The normalized spacial score (nSPS) is 10.1. The van der Waals surface area contributed by atoms with Gasteiger partial charge in [0.15, 0.2) is 5.11 Å². The summed E-state index contributed by atoms with van der Waals surface area (Å²) >= 11 is 8.68. The Morgan fingerprint density at radius 1 is 0.862 bits per heavy atom. The SMILES string of the molecule is O=C(NC(=S)Nc1ccccc1Br)c1ccccc1OCCOc1ccccc1. The number of carbonyl (C=O) groups is 1. The monoisotopic (exact) mass is 470 g/mol. The summed E-state index contributed by atoms with van der Waals surface area (Å²) in [5, 5.41) is 5.87. The molecule has 7 heteroatoms. The molecule has 0 aliphatic heterocycles. The van der Waals surface area contributed by atoms with Crippen LogP contribution in [0.25, 0.3) is 0 Å². The van der Waals surface area contributed by atoms with Crippen LogP contribution in [0.1, 0.15) is 10.4 Å². The first kappa shape index (κ1) is 20.8. The lowest BCUT2D eigenvalue weighted by molar-refractivity contribution is 0.0972. The fourth-order valence-electron chi connectivity index (χ4n) is 2.49. The second-order valence-corrected chi connectivity index (χ2v) is 7.16. The Hall–Kier alpha value is -2.90. The molecule has 3 aromatic rings. The Labute approximate surface area is 183 Å². The number of ether oxygens (including phenoxy) is 2. The third-order valence-corrected chi connectivity index (χ3v) is 4.73. The molecular formula is C22H19BrN2O3S. The number of hydrogen-bond donors (Lipinski definition) is 2. The van der Waals surface area contributed by atoms with Crippen LogP contribution in [0, 0.1) is 0 Å². The minimum absolute atomic E-state index is 0.198. The molecule has 0 fully saturated rings. The highest BCUT2D eigenvalue weighted by Crippen LogP contribution is 2.21. The van der Waals surface area contributed by atoms with Gasteiger partial charge in [-0.3, -0.25) is 10.1 Å². The summed E-state index contributed by atoms with van der Waals surface area (Å²) in [4.78, 5) is 12.6. The van der Waals surface area contributed by atoms with Gasteiger partial charge in [0.05, 0.1) is 11.3 Å². The smallest absolute Gasteiger partial charge is 0.261 e. The van der Waals surface area contributed by atoms with Crippen molar-refractivity contribution in [3.63, 3.8) is 0 Å². The van der Waals surface area contributed by atoms with Crippen molar-refractivity contribution in [2.24, 2.45) is 0 Å². The van der Waals surface area contributed by atoms with Crippen LogP contribution in [-0.4, -0.2) is 24.2 Å². The molecule has 0 bridgehead atoms. The predicted molar refractivity (Wildman–Crippen MR) is 122 cm³/mol. The molecule has 1 amide bonds. The number of carbonyl (C=O) groups excluding carboxylic acids is 1. The molecule has 3 aromatic carbocycles. The van der Waals surface area contributed by atoms with E-state index < -0.39 is 0 Å². The molecule has 2 N–H and O–H groups in total. The fourth-order valence-corrected chi connectivity index (χ4v) is 3.08. The third-order valence-electron chi connectivity index (χ3n) is 3.83. The number of nitrogens with one attached hydrogen (secondary N) is 2. The highest BCUT2D eigenvalue weighted by Gasteiger charge is 2.14. The van der Waals surface area contributed by atoms with Gasteiger partial charge in [-0.1, -0.05) is 42.5 Å². The van der Waals surface area contributed by atoms with Gasteiger partial charge in [-0.05, 0) is 64.5 Å². The molecule has 0 unspecified atom stereocenters. The maximum Gasteiger partial charge on any atom is 0.261 e. The van der Waals surface area contributed by atoms with Gasteiger partial charge in [0.25, 0.3) is 5.91 Å². The molecule has 0 heterocycles. The number of para-hydroxylation sites is 3. The number of benzene rings is 3. The maximum absolute atomic E-state index is 12.6. The summed E-state index contributed by atoms with van der Waals surface area (Å²) in [5.74, 6) is 0.880. The van der Waals surface area contributed by atoms with Crippen LogP contribution in [-0.2, 0) is 0 Å². The Morgan fingerprint density at radius 2 is 1.52 bits per heavy atom. The van der Waals surface area contributed by atoms with Crippen LogP contribution < -0.4 is 20.1 Å². The zero-order valence-corrected chi connectivity index (χ0v) is 17.8. The van der Waals surface area contributed by atoms with Crippen LogP contribution in [0.2, 0.25) is 0 Å². The molecule has 3 rings (SSSR count). The zero-order chi connectivity index (χ0) is 20.5. The summed E-state index contributed by atoms with van der Waals surface area (Å²) in [6, 6.07) is 24.0. The lowest BCUT2D eigenvalue weighted by Crippen LogP contribution is -2.34. The molecule has 5 nitrogen and oxygen atoms in total. The van der Waals surface area contributed by atoms with Gasteiger partial charge in [0.2, 0.25) is 0 Å². The molecule has 0 atom stereocenters. The van der Waals surface area contributed by atoms with E-state index in [-0.39, 0.29) is 11.0 Å². The standard InChI is InChI=1S/C22H19BrN2O3S/c23-18-11-5-6-12-19(18)24-22(29)25-21(26)17-10-4-7-13-20(17)28-15-14-27-16-8-2-1-3-9-16/h1-13H,14-15H2,(H2,24,25,26,29). The van der Waals surface area contributed by atoms with E-state index in [0.717, 1.165) is 15.9 Å². The molecule has 148 valence electrons. The molecule has 0 aromatic heterocycles. The second-order valence-electron chi connectivity index (χ2n) is 5.89. The largest absolute Gasteiger partial charge is 0.490 e. The van der Waals surface area contributed by atoms with Crippen molar-refractivity contribution in [1.29, 1.82) is 0 Å². The number of thiocarbonyl (C=S) groups is 1. The van der Waals surface area contributed by atoms with E-state index in [4.69, 9.17) is 21.7 Å². The number of halogens is 1. The van der Waals surface area contributed by atoms with Crippen LogP contribution in [0.5, 0.6) is 11.5 Å². The number of amides is 1. The van der Waals surface area contributed by atoms with Crippen molar-refractivity contribution in [3.05, 3.63) is 88.9 Å². The molecule has 0 aliphatic rings. The average molecular weight is 471 g/mol. The first-order valence-electron chi connectivity index (χ1n) is 8.90. The van der Waals surface area contributed by atoms with Gasteiger partial charge in [-0.2, -0.15) is 0 Å². The van der Waals surface area contributed by atoms with Crippen LogP contribution in [0.3, 0.4) is 0 Å². The number of rotatable bonds is 7. The van der Waals surface area contributed by atoms with Gasteiger partial charge >= 0.3 is 0 Å². The minimum atomic E-state index is -0.353. The van der Waals surface area contributed by atoms with Crippen LogP contribution in [0.15, 0.2) is 83.3 Å². The molecule has 0 radical (unpaired) electrons. The van der Waals surface area contributed by atoms with Crippen molar-refractivity contribution in [2.75, 3.05) is 18.5 Å². The van der Waals surface area contributed by atoms with Crippen molar-refractivity contribution in [2.45, 2.75) is 0 Å². The van der Waals surface area contributed by atoms with Gasteiger partial charge in [-0.15, -0.1) is 0 Å². The van der Waals surface area contributed by atoms with Gasteiger partial charge in [-0.25, -0.2) is 0 Å². The highest BCUT2D eigenvalue weighted by atomic mass is 79.9. The van der Waals surface area contributed by atoms with Gasteiger partial charge in [0.1, 0.15) is 24.7 Å². The number of anilines is 1. The quantitative estimate of drug-likeness (QED) is 0.374. The number of hydrogen-bond acceptors (Lipinski definition) is 4. The average Bonchev–Trinajstić information content (AvgIpc) is 2.74. The summed E-state index contributed by atoms with van der Waals surface area (Å²) in [7, 11) is 0. The van der Waals surface area contributed by atoms with E-state index in [9.17, 15) is 4.79 Å². The predicted octanol–water partition coefficient (Wildman–Crippen LogP) is 5.03. The molecule has 0 aliphatic carbocycles. The first-order valence-corrected chi connectivity index (χ1v) is 10.1. The molecular weight excluding hydrogens is 452 g/mol. The maximum atomic E-state index is 12.6. The lowest BCUT2D eigenvalue weighted by Gasteiger charge is -2.14.